The van der Waals surface area contributed by atoms with Crippen molar-refractivity contribution in [2.24, 2.45) is 0 Å². The van der Waals surface area contributed by atoms with E-state index in [1.807, 2.05) is 13.8 Å². The second kappa shape index (κ2) is 6.14. The summed E-state index contributed by atoms with van der Waals surface area (Å²) < 4.78 is 0. The lowest BCUT2D eigenvalue weighted by Crippen LogP contribution is -2.18. The molecule has 0 aliphatic heterocycles. The fraction of sp³-hybridized carbons (Fsp3) is 0.300. The van der Waals surface area contributed by atoms with Crippen LogP contribution in [0.5, 0.6) is 11.5 Å². The third-order valence-electron chi connectivity index (χ3n) is 1.57. The minimum atomic E-state index is -0.484. The summed E-state index contributed by atoms with van der Waals surface area (Å²) in [5.41, 5.74) is 0.125. The second-order valence-corrected chi connectivity index (χ2v) is 2.75. The fourth-order valence-corrected chi connectivity index (χ4v) is 1.11. The third-order valence-corrected chi connectivity index (χ3v) is 1.95. The van der Waals surface area contributed by atoms with Crippen molar-refractivity contribution < 1.29 is 15.0 Å². The summed E-state index contributed by atoms with van der Waals surface area (Å²) in [6.45, 7) is 4.00. The number of amides is 1. The molecule has 0 spiro atoms. The molecule has 0 bridgehead atoms. The molecule has 1 amide bonds. The Morgan fingerprint density at radius 1 is 1.33 bits per heavy atom. The van der Waals surface area contributed by atoms with Gasteiger partial charge in [0.2, 0.25) is 0 Å². The summed E-state index contributed by atoms with van der Waals surface area (Å²) in [6, 6.07) is 2.53. The second-order valence-electron chi connectivity index (χ2n) is 2.37. The Morgan fingerprint density at radius 2 is 1.87 bits per heavy atom. The van der Waals surface area contributed by atoms with E-state index in [9.17, 15) is 4.79 Å². The van der Waals surface area contributed by atoms with Crippen molar-refractivity contribution in [1.29, 1.82) is 0 Å². The molecule has 5 heteroatoms. The molecule has 0 fully saturated rings. The van der Waals surface area contributed by atoms with Gasteiger partial charge in [0.15, 0.2) is 11.5 Å². The summed E-state index contributed by atoms with van der Waals surface area (Å²) in [7, 11) is 1.45. The zero-order valence-electron chi connectivity index (χ0n) is 8.84. The van der Waals surface area contributed by atoms with Crippen molar-refractivity contribution >= 4 is 17.5 Å². The van der Waals surface area contributed by atoms with Gasteiger partial charge in [-0.2, -0.15) is 0 Å². The summed E-state index contributed by atoms with van der Waals surface area (Å²) >= 11 is 5.60. The Morgan fingerprint density at radius 3 is 2.33 bits per heavy atom. The molecule has 0 heterocycles. The van der Waals surface area contributed by atoms with Gasteiger partial charge < -0.3 is 15.5 Å². The first-order chi connectivity index (χ1) is 7.07. The smallest absolute Gasteiger partial charge is 0.252 e. The molecule has 0 aromatic heterocycles. The summed E-state index contributed by atoms with van der Waals surface area (Å²) in [6.07, 6.45) is 0. The van der Waals surface area contributed by atoms with Crippen molar-refractivity contribution in [3.63, 3.8) is 0 Å². The molecule has 0 saturated carbocycles. The van der Waals surface area contributed by atoms with E-state index in [0.29, 0.717) is 0 Å². The van der Waals surface area contributed by atoms with Gasteiger partial charge in [0.1, 0.15) is 0 Å². The van der Waals surface area contributed by atoms with Crippen molar-refractivity contribution in [2.75, 3.05) is 7.05 Å². The Kier molecular flexibility index (Phi) is 5.56. The molecular formula is C10H14ClNO3. The van der Waals surface area contributed by atoms with Crippen molar-refractivity contribution in [2.45, 2.75) is 13.8 Å². The normalized spacial score (nSPS) is 8.80. The molecule has 0 radical (unpaired) electrons. The summed E-state index contributed by atoms with van der Waals surface area (Å²) in [5.74, 6) is -1.25. The van der Waals surface area contributed by atoms with Crippen molar-refractivity contribution in [3.8, 4) is 11.5 Å². The lowest BCUT2D eigenvalue weighted by atomic mass is 10.2. The largest absolute Gasteiger partial charge is 0.504 e. The highest BCUT2D eigenvalue weighted by atomic mass is 35.5. The number of carbonyl (C=O) groups is 1. The molecule has 15 heavy (non-hydrogen) atoms. The lowest BCUT2D eigenvalue weighted by molar-refractivity contribution is 0.0963. The number of halogens is 1. The molecule has 0 aliphatic carbocycles. The minimum Gasteiger partial charge on any atom is -0.504 e. The Labute approximate surface area is 93.5 Å². The van der Waals surface area contributed by atoms with Gasteiger partial charge in [0, 0.05) is 7.05 Å². The van der Waals surface area contributed by atoms with E-state index in [1.165, 1.54) is 19.2 Å². The summed E-state index contributed by atoms with van der Waals surface area (Å²) in [4.78, 5) is 11.1. The van der Waals surface area contributed by atoms with E-state index in [-0.39, 0.29) is 16.3 Å². The molecule has 0 aliphatic rings. The molecule has 84 valence electrons. The number of hydrogen-bond donors (Lipinski definition) is 3. The fourth-order valence-electron chi connectivity index (χ4n) is 0.864. The SMILES string of the molecule is CC.CNC(=O)c1ccc(O)c(O)c1Cl. The minimum absolute atomic E-state index is 0.125. The number of carbonyl (C=O) groups excluding carboxylic acids is 1. The van der Waals surface area contributed by atoms with Gasteiger partial charge in [-0.25, -0.2) is 0 Å². The van der Waals surface area contributed by atoms with Gasteiger partial charge in [-0.1, -0.05) is 25.4 Å². The van der Waals surface area contributed by atoms with Crippen molar-refractivity contribution in [3.05, 3.63) is 22.7 Å². The first-order valence-electron chi connectivity index (χ1n) is 4.50. The van der Waals surface area contributed by atoms with Gasteiger partial charge in [0.25, 0.3) is 5.91 Å². The topological polar surface area (TPSA) is 69.6 Å². The maximum absolute atomic E-state index is 11.1. The van der Waals surface area contributed by atoms with E-state index >= 15 is 0 Å². The van der Waals surface area contributed by atoms with Gasteiger partial charge in [-0.15, -0.1) is 0 Å². The number of phenolic OH excluding ortho intramolecular Hbond substituents is 2. The number of phenols is 2. The molecule has 1 aromatic rings. The van der Waals surface area contributed by atoms with Crippen LogP contribution in [0, 0.1) is 0 Å². The summed E-state index contributed by atoms with van der Waals surface area (Å²) in [5, 5.41) is 20.4. The van der Waals surface area contributed by atoms with Crippen LogP contribution in [0.3, 0.4) is 0 Å². The predicted molar refractivity (Wildman–Crippen MR) is 59.5 cm³/mol. The number of benzene rings is 1. The Hall–Kier alpha value is -1.42. The highest BCUT2D eigenvalue weighted by molar-refractivity contribution is 6.35. The average molecular weight is 232 g/mol. The maximum Gasteiger partial charge on any atom is 0.252 e. The van der Waals surface area contributed by atoms with Gasteiger partial charge in [-0.05, 0) is 12.1 Å². The molecular weight excluding hydrogens is 218 g/mol. The molecule has 3 N–H and O–H groups in total. The van der Waals surface area contributed by atoms with Crippen LogP contribution in [0.2, 0.25) is 5.02 Å². The first-order valence-corrected chi connectivity index (χ1v) is 4.88. The van der Waals surface area contributed by atoms with Crippen LogP contribution >= 0.6 is 11.6 Å². The number of rotatable bonds is 1. The monoisotopic (exact) mass is 231 g/mol. The van der Waals surface area contributed by atoms with E-state index < -0.39 is 11.7 Å². The van der Waals surface area contributed by atoms with Crippen molar-refractivity contribution in [1.82, 2.24) is 5.32 Å². The zero-order chi connectivity index (χ0) is 12.0. The molecule has 1 aromatic carbocycles. The third kappa shape index (κ3) is 3.02. The lowest BCUT2D eigenvalue weighted by Gasteiger charge is -2.05. The standard InChI is InChI=1S/C8H8ClNO3.C2H6/c1-10-8(13)4-2-3-5(11)7(12)6(4)9;1-2/h2-3,11-12H,1H3,(H,10,13);1-2H3. The predicted octanol–water partition coefficient (Wildman–Crippen LogP) is 2.14. The van der Waals surface area contributed by atoms with Crippen LogP contribution < -0.4 is 5.32 Å². The maximum atomic E-state index is 11.1. The van der Waals surface area contributed by atoms with E-state index in [2.05, 4.69) is 5.32 Å². The van der Waals surface area contributed by atoms with Crippen LogP contribution in [0.4, 0.5) is 0 Å². The van der Waals surface area contributed by atoms with Gasteiger partial charge in [-0.3, -0.25) is 4.79 Å². The van der Waals surface area contributed by atoms with E-state index in [4.69, 9.17) is 21.8 Å². The van der Waals surface area contributed by atoms with E-state index in [0.717, 1.165) is 0 Å². The molecule has 0 atom stereocenters. The zero-order valence-corrected chi connectivity index (χ0v) is 9.59. The quantitative estimate of drug-likeness (QED) is 0.649. The highest BCUT2D eigenvalue weighted by Crippen LogP contribution is 2.35. The number of nitrogens with one attached hydrogen (secondary N) is 1. The molecule has 0 unspecified atom stereocenters. The molecule has 0 saturated heterocycles. The number of aromatic hydroxyl groups is 2. The average Bonchev–Trinajstić information content (AvgIpc) is 2.28. The highest BCUT2D eigenvalue weighted by Gasteiger charge is 2.14. The molecule has 1 rings (SSSR count). The Balaban J connectivity index is 0.000000921. The first kappa shape index (κ1) is 13.6. The van der Waals surface area contributed by atoms with Crippen LogP contribution in [-0.4, -0.2) is 23.2 Å². The number of hydrogen-bond acceptors (Lipinski definition) is 3. The van der Waals surface area contributed by atoms with Crippen LogP contribution in [0.15, 0.2) is 12.1 Å². The van der Waals surface area contributed by atoms with Crippen LogP contribution in [-0.2, 0) is 0 Å². The van der Waals surface area contributed by atoms with Gasteiger partial charge >= 0.3 is 0 Å². The van der Waals surface area contributed by atoms with Crippen LogP contribution in [0.1, 0.15) is 24.2 Å². The Bertz CT molecular complexity index is 353. The van der Waals surface area contributed by atoms with Gasteiger partial charge in [0.05, 0.1) is 10.6 Å². The van der Waals surface area contributed by atoms with Crippen LogP contribution in [0.25, 0.3) is 0 Å². The van der Waals surface area contributed by atoms with E-state index in [1.54, 1.807) is 0 Å². The molecule has 4 nitrogen and oxygen atoms in total.